The predicted octanol–water partition coefficient (Wildman–Crippen LogP) is 5.98. The smallest absolute Gasteiger partial charge is 0.407 e. The third-order valence-electron chi connectivity index (χ3n) is 14.1. The summed E-state index contributed by atoms with van der Waals surface area (Å²) in [5, 5.41) is 22.8. The zero-order valence-corrected chi connectivity index (χ0v) is 43.7. The van der Waals surface area contributed by atoms with Crippen LogP contribution >= 0.6 is 0 Å². The molecule has 3 saturated heterocycles. The van der Waals surface area contributed by atoms with Crippen molar-refractivity contribution in [3.8, 4) is 23.0 Å². The number of nitrogens with one attached hydrogen (secondary N) is 3. The predicted molar refractivity (Wildman–Crippen MR) is 272 cm³/mol. The molecule has 3 fully saturated rings. The molecule has 22 heteroatoms. The van der Waals surface area contributed by atoms with Gasteiger partial charge in [0.25, 0.3) is 0 Å². The number of nitrogens with zero attached hydrogens (tertiary/aromatic N) is 5. The van der Waals surface area contributed by atoms with Crippen molar-refractivity contribution < 1.29 is 60.4 Å². The van der Waals surface area contributed by atoms with Crippen LogP contribution in [-0.4, -0.2) is 138 Å². The summed E-state index contributed by atoms with van der Waals surface area (Å²) in [6.45, 7) is 8.09. The van der Waals surface area contributed by atoms with Gasteiger partial charge in [0, 0.05) is 67.3 Å². The molecule has 2 aromatic carbocycles. The van der Waals surface area contributed by atoms with Crippen LogP contribution in [0.4, 0.5) is 32.6 Å². The Morgan fingerprint density at radius 1 is 0.829 bits per heavy atom. The van der Waals surface area contributed by atoms with Crippen molar-refractivity contribution in [3.63, 3.8) is 0 Å². The molecule has 3 aliphatic heterocycles. The molecule has 3 aliphatic rings. The van der Waals surface area contributed by atoms with Gasteiger partial charge in [-0.05, 0) is 79.5 Å². The van der Waals surface area contributed by atoms with Crippen molar-refractivity contribution in [2.75, 3.05) is 52.0 Å². The van der Waals surface area contributed by atoms with E-state index < -0.39 is 66.1 Å². The van der Waals surface area contributed by atoms with E-state index in [1.165, 1.54) is 32.3 Å². The van der Waals surface area contributed by atoms with E-state index in [-0.39, 0.29) is 31.3 Å². The fraction of sp³-hybridized carbons (Fsp3) is 0.519. The minimum Gasteiger partial charge on any atom is -0.469 e. The molecule has 5 heterocycles. The first kappa shape index (κ1) is 58.6. The number of nitrogens with two attached hydrogens (primary N) is 1. The number of hydrogen-bond acceptors (Lipinski definition) is 13. The Bertz CT molecular complexity index is 2630. The fourth-order valence-corrected chi connectivity index (χ4v) is 9.35. The van der Waals surface area contributed by atoms with E-state index >= 15 is 0 Å². The third kappa shape index (κ3) is 15.3. The second-order valence-electron chi connectivity index (χ2n) is 20.9. The van der Waals surface area contributed by atoms with Crippen molar-refractivity contribution in [2.45, 2.75) is 116 Å². The number of primary amides is 1. The van der Waals surface area contributed by atoms with Gasteiger partial charge in [-0.2, -0.15) is 27.1 Å². The largest absolute Gasteiger partial charge is 0.469 e. The van der Waals surface area contributed by atoms with E-state index in [1.54, 1.807) is 54.7 Å². The number of carbonyl (C=O) groups excluding carboxylic acids is 4. The fourth-order valence-electron chi connectivity index (χ4n) is 9.35. The highest BCUT2D eigenvalue weighted by atomic mass is 19.4. The van der Waals surface area contributed by atoms with Gasteiger partial charge in [0.15, 0.2) is 0 Å². The summed E-state index contributed by atoms with van der Waals surface area (Å²) in [5.41, 5.74) is 6.18. The van der Waals surface area contributed by atoms with Crippen molar-refractivity contribution in [1.82, 2.24) is 35.6 Å². The van der Waals surface area contributed by atoms with Crippen LogP contribution in [0.15, 0.2) is 79.3 Å². The number of piperazine rings is 1. The minimum atomic E-state index is -4.90. The highest BCUT2D eigenvalue weighted by Gasteiger charge is 2.56. The first-order chi connectivity index (χ1) is 35.9. The number of methoxy groups -OCH3 is 2. The monoisotopic (exact) mass is 1070 g/mol. The van der Waals surface area contributed by atoms with Crippen LogP contribution in [0.5, 0.6) is 0 Å². The van der Waals surface area contributed by atoms with Gasteiger partial charge in [-0.1, -0.05) is 69.0 Å². The number of esters is 1. The van der Waals surface area contributed by atoms with Crippen LogP contribution in [0.2, 0.25) is 0 Å². The Balaban J connectivity index is 0.000000636. The number of alkyl halides is 5. The molecule has 76 heavy (non-hydrogen) atoms. The van der Waals surface area contributed by atoms with Crippen molar-refractivity contribution in [1.29, 1.82) is 0 Å². The number of hydrogen-bond donors (Lipinski definition) is 5. The number of amides is 3. The average Bonchev–Trinajstić information content (AvgIpc) is 3.95. The third-order valence-corrected chi connectivity index (χ3v) is 14.1. The van der Waals surface area contributed by atoms with E-state index in [4.69, 9.17) is 15.5 Å². The summed E-state index contributed by atoms with van der Waals surface area (Å²) < 4.78 is 83.6. The number of pyridine rings is 1. The molecule has 412 valence electrons. The number of fused-ring (bicyclic) bond motifs is 2. The second kappa shape index (κ2) is 25.4. The molecule has 17 nitrogen and oxygen atoms in total. The number of aromatic nitrogens is 3. The number of rotatable bonds is 18. The second-order valence-corrected chi connectivity index (χ2v) is 20.9. The molecule has 0 aliphatic carbocycles. The molecule has 0 spiro atoms. The Morgan fingerprint density at radius 3 is 1.96 bits per heavy atom. The lowest BCUT2D eigenvalue weighted by atomic mass is 9.78. The first-order valence-corrected chi connectivity index (χ1v) is 24.9. The molecule has 2 aromatic heterocycles. The van der Waals surface area contributed by atoms with Crippen molar-refractivity contribution in [2.24, 2.45) is 22.5 Å². The number of aliphatic hydroxyl groups is 1. The van der Waals surface area contributed by atoms with Gasteiger partial charge in [-0.15, -0.1) is 0 Å². The van der Waals surface area contributed by atoms with Gasteiger partial charge < -0.3 is 45.9 Å². The minimum absolute atomic E-state index is 0.0104. The van der Waals surface area contributed by atoms with Crippen LogP contribution in [0, 0.1) is 28.6 Å². The van der Waals surface area contributed by atoms with Gasteiger partial charge >= 0.3 is 24.8 Å². The molecule has 4 aromatic rings. The summed E-state index contributed by atoms with van der Waals surface area (Å²) in [7, 11) is 2.26. The van der Waals surface area contributed by atoms with Crippen LogP contribution in [0.1, 0.15) is 82.7 Å². The van der Waals surface area contributed by atoms with E-state index in [9.17, 15) is 46.2 Å². The molecule has 0 saturated carbocycles. The van der Waals surface area contributed by atoms with Gasteiger partial charge in [0.05, 0.1) is 69.6 Å². The zero-order chi connectivity index (χ0) is 55.5. The van der Waals surface area contributed by atoms with Crippen LogP contribution in [-0.2, 0) is 41.6 Å². The molecule has 6 atom stereocenters. The van der Waals surface area contributed by atoms with Crippen molar-refractivity contribution in [3.05, 3.63) is 102 Å². The maximum Gasteiger partial charge on any atom is 0.407 e. The summed E-state index contributed by atoms with van der Waals surface area (Å²) in [5.74, 6) is 4.71. The molecular formula is C54H68F5N9O8. The van der Waals surface area contributed by atoms with Gasteiger partial charge in [0.2, 0.25) is 11.8 Å². The van der Waals surface area contributed by atoms with E-state index in [1.807, 2.05) is 38.2 Å². The maximum absolute atomic E-state index is 14.2. The molecular weight excluding hydrogens is 998 g/mol. The number of aliphatic hydroxyl groups excluding tert-OH is 1. The Kier molecular flexibility index (Phi) is 19.6. The normalized spacial score (nSPS) is 18.4. The Hall–Kier alpha value is -6.67. The highest BCUT2D eigenvalue weighted by Crippen LogP contribution is 2.41. The van der Waals surface area contributed by atoms with E-state index in [0.29, 0.717) is 45.1 Å². The average molecular weight is 1070 g/mol. The number of ether oxygens (including phenoxy) is 3. The van der Waals surface area contributed by atoms with Gasteiger partial charge in [-0.25, -0.2) is 14.5 Å². The summed E-state index contributed by atoms with van der Waals surface area (Å²) in [6, 6.07) is 16.3. The Morgan fingerprint density at radius 2 is 1.45 bits per heavy atom. The number of halogens is 5. The lowest BCUT2D eigenvalue weighted by Crippen LogP contribution is -2.62. The maximum atomic E-state index is 14.2. The number of alkyl carbamates (subject to hydrolysis) is 1. The molecule has 6 N–H and O–H groups in total. The summed E-state index contributed by atoms with van der Waals surface area (Å²) in [6.07, 6.45) is -0.679. The first-order valence-electron chi connectivity index (χ1n) is 24.9. The standard InChI is InChI=1S/C45H51F5N8O5.C9H17NO3/c1-44(2,45(48,49)50)40(55-43(61)62-3)41(60)54-37(38(59)22-51-19-30-10-13-32(14-11-30)33-21-53-57(23-33)42(46)47)18-29-7-4-28(5-8-29)6-9-31-12-17-39(52-20-31)56-24-34-15-16-35(25-56)58(34)36-26-63-27-36;1-9(2,3)6(8(10)12)5-7(11)13-4/h4-5,7-8,10-14,17,20-21,23,34-38,40,42,51,59H,15-16,18-19,22,24-27H2,1-3H3,(H,54,60)(H,55,61);6H,5H2,1-4H3,(H2,10,12)/t34?,35?,37-,38-,40+;6-/m01/s1. The van der Waals surface area contributed by atoms with E-state index in [0.717, 1.165) is 64.2 Å². The van der Waals surface area contributed by atoms with Crippen LogP contribution < -0.4 is 26.6 Å². The molecule has 2 unspecified atom stereocenters. The summed E-state index contributed by atoms with van der Waals surface area (Å²) >= 11 is 0. The van der Waals surface area contributed by atoms with Gasteiger partial charge in [-0.3, -0.25) is 19.3 Å². The molecule has 0 radical (unpaired) electrons. The quantitative estimate of drug-likeness (QED) is 0.0441. The van der Waals surface area contributed by atoms with E-state index in [2.05, 4.69) is 46.8 Å². The summed E-state index contributed by atoms with van der Waals surface area (Å²) in [4.78, 5) is 57.5. The zero-order valence-electron chi connectivity index (χ0n) is 43.7. The molecule has 7 rings (SSSR count). The topological polar surface area (TPSA) is 216 Å². The number of anilines is 1. The lowest BCUT2D eigenvalue weighted by molar-refractivity contribution is -0.220. The highest BCUT2D eigenvalue weighted by molar-refractivity contribution is 5.87. The van der Waals surface area contributed by atoms with Crippen LogP contribution in [0.3, 0.4) is 0 Å². The van der Waals surface area contributed by atoms with Gasteiger partial charge in [0.1, 0.15) is 11.9 Å². The SMILES string of the molecule is COC(=O)C[C@H](C(N)=O)C(C)(C)C.COC(=O)N[C@H](C(=O)N[C@@H](Cc1ccc(C#Cc2ccc(N3CC4CCC(C3)N4C3COC3)nc2)cc1)[C@@H](O)CNCc1ccc(-c2cnn(C(F)F)c2)cc1)C(C)(C)C(F)(F)F. The molecule has 2 bridgehead atoms. The molecule has 3 amide bonds. The number of carbonyl (C=O) groups is 4. The number of benzene rings is 2. The lowest BCUT2D eigenvalue weighted by Gasteiger charge is -2.47. The van der Waals surface area contributed by atoms with Crippen molar-refractivity contribution >= 4 is 29.7 Å². The Labute approximate surface area is 439 Å². The van der Waals surface area contributed by atoms with Crippen LogP contribution in [0.25, 0.3) is 11.1 Å².